The lowest BCUT2D eigenvalue weighted by Crippen LogP contribution is -2.32. The summed E-state index contributed by atoms with van der Waals surface area (Å²) in [5, 5.41) is 12.1. The molecule has 0 aromatic heterocycles. The summed E-state index contributed by atoms with van der Waals surface area (Å²) >= 11 is 0. The summed E-state index contributed by atoms with van der Waals surface area (Å²) in [4.78, 5) is 0. The molecule has 1 saturated heterocycles. The van der Waals surface area contributed by atoms with E-state index in [2.05, 4.69) is 11.4 Å². The number of rotatable bonds is 0. The Kier molecular flexibility index (Phi) is 1.83. The molecule has 0 unspecified atom stereocenters. The second kappa shape index (κ2) is 2.83. The van der Waals surface area contributed by atoms with E-state index in [4.69, 9.17) is 5.26 Å². The fourth-order valence-electron chi connectivity index (χ4n) is 2.43. The zero-order valence-electron chi connectivity index (χ0n) is 6.71. The third kappa shape index (κ3) is 1.25. The Morgan fingerprint density at radius 3 is 2.82 bits per heavy atom. The quantitative estimate of drug-likeness (QED) is 0.567. The number of nitrogens with one attached hydrogen (secondary N) is 1. The predicted molar refractivity (Wildman–Crippen MR) is 42.9 cm³/mol. The summed E-state index contributed by atoms with van der Waals surface area (Å²) in [6, 6.07) is 3.14. The molecule has 2 rings (SSSR count). The van der Waals surface area contributed by atoms with Crippen molar-refractivity contribution in [3.63, 3.8) is 0 Å². The van der Waals surface area contributed by atoms with Gasteiger partial charge in [-0.3, -0.25) is 5.32 Å². The fraction of sp³-hybridized carbons (Fsp3) is 0.889. The molecule has 0 aromatic carbocycles. The van der Waals surface area contributed by atoms with Crippen molar-refractivity contribution < 1.29 is 0 Å². The molecule has 0 amide bonds. The zero-order chi connectivity index (χ0) is 7.68. The van der Waals surface area contributed by atoms with Gasteiger partial charge in [-0.2, -0.15) is 5.26 Å². The molecule has 1 N–H and O–H groups in total. The normalized spacial score (nSPS) is 43.0. The molecule has 60 valence electrons. The smallest absolute Gasteiger partial charge is 0.0958 e. The molecular weight excluding hydrogens is 136 g/mol. The highest BCUT2D eigenvalue weighted by atomic mass is 15.0. The van der Waals surface area contributed by atoms with Crippen LogP contribution >= 0.6 is 0 Å². The molecule has 3 atom stereocenters. The number of nitrogens with zero attached hydrogens (tertiary/aromatic N) is 1. The van der Waals surface area contributed by atoms with Crippen LogP contribution < -0.4 is 5.32 Å². The second-order valence-electron chi connectivity index (χ2n) is 3.74. The van der Waals surface area contributed by atoms with E-state index >= 15 is 0 Å². The fourth-order valence-corrected chi connectivity index (χ4v) is 2.43. The zero-order valence-corrected chi connectivity index (χ0v) is 6.71. The molecule has 0 bridgehead atoms. The number of nitriles is 1. The number of hydrogen-bond donors (Lipinski definition) is 1. The molecule has 2 nitrogen and oxygen atoms in total. The van der Waals surface area contributed by atoms with Crippen LogP contribution in [-0.4, -0.2) is 12.1 Å². The second-order valence-corrected chi connectivity index (χ2v) is 3.74. The molecule has 2 fully saturated rings. The molecule has 2 heteroatoms. The summed E-state index contributed by atoms with van der Waals surface area (Å²) < 4.78 is 0. The van der Waals surface area contributed by atoms with Gasteiger partial charge in [0, 0.05) is 6.04 Å². The van der Waals surface area contributed by atoms with Crippen molar-refractivity contribution in [2.75, 3.05) is 0 Å². The first kappa shape index (κ1) is 7.12. The minimum Gasteiger partial charge on any atom is -0.299 e. The summed E-state index contributed by atoms with van der Waals surface area (Å²) in [5.74, 6) is 0.813. The summed E-state index contributed by atoms with van der Waals surface area (Å²) in [5.41, 5.74) is 0. The van der Waals surface area contributed by atoms with Crippen LogP contribution in [0.15, 0.2) is 0 Å². The summed E-state index contributed by atoms with van der Waals surface area (Å²) in [6.07, 6.45) is 6.47. The Labute approximate surface area is 67.6 Å². The highest BCUT2D eigenvalue weighted by molar-refractivity contribution is 5.02. The molecule has 1 aliphatic carbocycles. The van der Waals surface area contributed by atoms with Crippen molar-refractivity contribution in [2.45, 2.75) is 44.2 Å². The van der Waals surface area contributed by atoms with Gasteiger partial charge in [-0.1, -0.05) is 12.8 Å². The standard InChI is InChI=1S/C9H14N2/c10-6-8-5-7-3-1-2-4-9(7)11-8/h7-9,11H,1-5H2/t7-,8+,9-/m1/s1. The van der Waals surface area contributed by atoms with Crippen molar-refractivity contribution in [1.82, 2.24) is 5.32 Å². The van der Waals surface area contributed by atoms with Crippen LogP contribution in [0.3, 0.4) is 0 Å². The Morgan fingerprint density at radius 2 is 2.09 bits per heavy atom. The molecular formula is C9H14N2. The Morgan fingerprint density at radius 1 is 1.27 bits per heavy atom. The van der Waals surface area contributed by atoms with Crippen molar-refractivity contribution >= 4 is 0 Å². The predicted octanol–water partition coefficient (Wildman–Crippen LogP) is 1.43. The van der Waals surface area contributed by atoms with Crippen LogP contribution in [0.4, 0.5) is 0 Å². The third-order valence-corrected chi connectivity index (χ3v) is 3.02. The van der Waals surface area contributed by atoms with Crippen LogP contribution in [0.25, 0.3) is 0 Å². The van der Waals surface area contributed by atoms with E-state index in [0.717, 1.165) is 12.3 Å². The maximum Gasteiger partial charge on any atom is 0.0958 e. The van der Waals surface area contributed by atoms with Crippen LogP contribution in [0.5, 0.6) is 0 Å². The lowest BCUT2D eigenvalue weighted by molar-refractivity contribution is 0.326. The molecule has 0 spiro atoms. The maximum atomic E-state index is 8.70. The van der Waals surface area contributed by atoms with Gasteiger partial charge in [-0.25, -0.2) is 0 Å². The Balaban J connectivity index is 1.99. The van der Waals surface area contributed by atoms with E-state index in [1.54, 1.807) is 0 Å². The van der Waals surface area contributed by atoms with Crippen molar-refractivity contribution in [3.8, 4) is 6.07 Å². The van der Waals surface area contributed by atoms with Crippen LogP contribution in [0, 0.1) is 17.2 Å². The largest absolute Gasteiger partial charge is 0.299 e. The third-order valence-electron chi connectivity index (χ3n) is 3.02. The first-order chi connectivity index (χ1) is 5.40. The van der Waals surface area contributed by atoms with Gasteiger partial charge in [0.25, 0.3) is 0 Å². The van der Waals surface area contributed by atoms with E-state index in [1.165, 1.54) is 25.7 Å². The number of hydrogen-bond acceptors (Lipinski definition) is 2. The SMILES string of the molecule is N#C[C@@H]1C[C@H]2CCCC[C@H]2N1. The average molecular weight is 150 g/mol. The first-order valence-electron chi connectivity index (χ1n) is 4.56. The lowest BCUT2D eigenvalue weighted by Gasteiger charge is -2.23. The highest BCUT2D eigenvalue weighted by Gasteiger charge is 2.34. The number of fused-ring (bicyclic) bond motifs is 1. The van der Waals surface area contributed by atoms with Gasteiger partial charge >= 0.3 is 0 Å². The summed E-state index contributed by atoms with van der Waals surface area (Å²) in [6.45, 7) is 0. The summed E-state index contributed by atoms with van der Waals surface area (Å²) in [7, 11) is 0. The topological polar surface area (TPSA) is 35.8 Å². The van der Waals surface area contributed by atoms with Gasteiger partial charge in [0.1, 0.15) is 0 Å². The van der Waals surface area contributed by atoms with Gasteiger partial charge in [-0.05, 0) is 25.2 Å². The van der Waals surface area contributed by atoms with Gasteiger partial charge in [0.15, 0.2) is 0 Å². The van der Waals surface area contributed by atoms with E-state index < -0.39 is 0 Å². The molecule has 1 heterocycles. The molecule has 1 saturated carbocycles. The first-order valence-corrected chi connectivity index (χ1v) is 4.56. The molecule has 0 aromatic rings. The lowest BCUT2D eigenvalue weighted by atomic mass is 9.85. The Hall–Kier alpha value is -0.550. The van der Waals surface area contributed by atoms with E-state index in [9.17, 15) is 0 Å². The molecule has 11 heavy (non-hydrogen) atoms. The van der Waals surface area contributed by atoms with E-state index in [1.807, 2.05) is 0 Å². The average Bonchev–Trinajstić information content (AvgIpc) is 2.46. The van der Waals surface area contributed by atoms with Crippen LogP contribution in [-0.2, 0) is 0 Å². The van der Waals surface area contributed by atoms with Crippen molar-refractivity contribution in [2.24, 2.45) is 5.92 Å². The Bertz CT molecular complexity index is 168. The van der Waals surface area contributed by atoms with Gasteiger partial charge in [-0.15, -0.1) is 0 Å². The molecule has 2 aliphatic rings. The van der Waals surface area contributed by atoms with Gasteiger partial charge in [0.2, 0.25) is 0 Å². The minimum absolute atomic E-state index is 0.156. The van der Waals surface area contributed by atoms with Crippen molar-refractivity contribution in [1.29, 1.82) is 5.26 Å². The van der Waals surface area contributed by atoms with E-state index in [0.29, 0.717) is 6.04 Å². The van der Waals surface area contributed by atoms with Crippen LogP contribution in [0.2, 0.25) is 0 Å². The van der Waals surface area contributed by atoms with Crippen LogP contribution in [0.1, 0.15) is 32.1 Å². The minimum atomic E-state index is 0.156. The van der Waals surface area contributed by atoms with Gasteiger partial charge in [0.05, 0.1) is 12.1 Å². The maximum absolute atomic E-state index is 8.70. The molecule has 0 radical (unpaired) electrons. The van der Waals surface area contributed by atoms with Gasteiger partial charge < -0.3 is 0 Å². The highest BCUT2D eigenvalue weighted by Crippen LogP contribution is 2.32. The van der Waals surface area contributed by atoms with Crippen molar-refractivity contribution in [3.05, 3.63) is 0 Å². The molecule has 1 aliphatic heterocycles. The van der Waals surface area contributed by atoms with E-state index in [-0.39, 0.29) is 6.04 Å². The monoisotopic (exact) mass is 150 g/mol.